The molecule has 5 nitrogen and oxygen atoms in total. The Morgan fingerprint density at radius 1 is 1.53 bits per heavy atom. The lowest BCUT2D eigenvalue weighted by Crippen LogP contribution is -2.13. The van der Waals surface area contributed by atoms with Crippen LogP contribution in [-0.4, -0.2) is 15.9 Å². The van der Waals surface area contributed by atoms with Crippen LogP contribution in [0.5, 0.6) is 0 Å². The second kappa shape index (κ2) is 4.72. The van der Waals surface area contributed by atoms with Gasteiger partial charge in [0.1, 0.15) is 17.6 Å². The maximum absolute atomic E-state index is 11.7. The van der Waals surface area contributed by atoms with E-state index in [0.717, 1.165) is 5.01 Å². The number of pyridine rings is 1. The van der Waals surface area contributed by atoms with Crippen molar-refractivity contribution in [1.82, 2.24) is 9.97 Å². The molecule has 84 valence electrons. The summed E-state index contributed by atoms with van der Waals surface area (Å²) >= 11 is 1.41. The largest absolute Gasteiger partial charge is 0.305 e. The maximum atomic E-state index is 11.7. The first kappa shape index (κ1) is 11.2. The predicted octanol–water partition coefficient (Wildman–Crippen LogP) is 1.97. The minimum Gasteiger partial charge on any atom is -0.305 e. The summed E-state index contributed by atoms with van der Waals surface area (Å²) < 4.78 is 0. The van der Waals surface area contributed by atoms with Crippen molar-refractivity contribution < 1.29 is 4.79 Å². The molecule has 2 aromatic rings. The van der Waals surface area contributed by atoms with Gasteiger partial charge in [0, 0.05) is 11.6 Å². The summed E-state index contributed by atoms with van der Waals surface area (Å²) in [5.74, 6) is 0.103. The number of rotatable bonds is 2. The smallest absolute Gasteiger partial charge is 0.276 e. The van der Waals surface area contributed by atoms with Crippen molar-refractivity contribution in [2.24, 2.45) is 0 Å². The van der Waals surface area contributed by atoms with Crippen molar-refractivity contribution in [1.29, 1.82) is 5.26 Å². The van der Waals surface area contributed by atoms with Crippen LogP contribution in [0.25, 0.3) is 0 Å². The summed E-state index contributed by atoms with van der Waals surface area (Å²) in [4.78, 5) is 19.7. The van der Waals surface area contributed by atoms with Gasteiger partial charge < -0.3 is 5.32 Å². The highest BCUT2D eigenvalue weighted by molar-refractivity contribution is 7.09. The molecule has 0 aliphatic carbocycles. The highest BCUT2D eigenvalue weighted by Gasteiger charge is 2.09. The third-order valence-electron chi connectivity index (χ3n) is 1.99. The minimum absolute atomic E-state index is 0.299. The number of nitrogens with zero attached hydrogens (tertiary/aromatic N) is 3. The predicted molar refractivity (Wildman–Crippen MR) is 63.8 cm³/mol. The number of aryl methyl sites for hydroxylation is 1. The number of carbonyl (C=O) groups is 1. The number of thiazole rings is 1. The molecular weight excluding hydrogens is 236 g/mol. The fraction of sp³-hybridized carbons (Fsp3) is 0.0909. The molecule has 0 fully saturated rings. The summed E-state index contributed by atoms with van der Waals surface area (Å²) in [6.45, 7) is 1.83. The lowest BCUT2D eigenvalue weighted by atomic mass is 10.3. The Balaban J connectivity index is 2.11. The van der Waals surface area contributed by atoms with Crippen LogP contribution < -0.4 is 5.32 Å². The number of anilines is 1. The van der Waals surface area contributed by atoms with E-state index >= 15 is 0 Å². The molecule has 0 bridgehead atoms. The summed E-state index contributed by atoms with van der Waals surface area (Å²) in [5, 5.41) is 13.7. The van der Waals surface area contributed by atoms with Gasteiger partial charge in [-0.3, -0.25) is 4.79 Å². The molecule has 0 radical (unpaired) electrons. The van der Waals surface area contributed by atoms with E-state index in [0.29, 0.717) is 17.1 Å². The Hall–Kier alpha value is -2.26. The summed E-state index contributed by atoms with van der Waals surface area (Å²) in [6, 6.07) is 5.13. The molecule has 6 heteroatoms. The van der Waals surface area contributed by atoms with E-state index in [9.17, 15) is 4.79 Å². The molecule has 0 saturated carbocycles. The van der Waals surface area contributed by atoms with Gasteiger partial charge in [-0.25, -0.2) is 9.97 Å². The molecule has 0 saturated heterocycles. The number of nitrogens with one attached hydrogen (secondary N) is 1. The Bertz CT molecular complexity index is 582. The van der Waals surface area contributed by atoms with E-state index in [4.69, 9.17) is 5.26 Å². The molecule has 0 unspecified atom stereocenters. The number of amides is 1. The van der Waals surface area contributed by atoms with Crippen LogP contribution in [0.4, 0.5) is 5.82 Å². The molecule has 0 atom stereocenters. The van der Waals surface area contributed by atoms with E-state index < -0.39 is 0 Å². The van der Waals surface area contributed by atoms with Gasteiger partial charge in [0.2, 0.25) is 0 Å². The second-order valence-electron chi connectivity index (χ2n) is 3.25. The van der Waals surface area contributed by atoms with Gasteiger partial charge in [0.25, 0.3) is 5.91 Å². The van der Waals surface area contributed by atoms with Gasteiger partial charge in [-0.15, -0.1) is 11.3 Å². The van der Waals surface area contributed by atoms with Crippen molar-refractivity contribution in [2.75, 3.05) is 5.32 Å². The van der Waals surface area contributed by atoms with Crippen molar-refractivity contribution in [3.63, 3.8) is 0 Å². The lowest BCUT2D eigenvalue weighted by molar-refractivity contribution is 0.102. The highest BCUT2D eigenvalue weighted by atomic mass is 32.1. The average Bonchev–Trinajstić information content (AvgIpc) is 2.77. The molecule has 1 N–H and O–H groups in total. The number of nitriles is 1. The van der Waals surface area contributed by atoms with Gasteiger partial charge in [0.15, 0.2) is 0 Å². The first-order chi connectivity index (χ1) is 8.19. The zero-order chi connectivity index (χ0) is 12.3. The molecule has 2 rings (SSSR count). The zero-order valence-corrected chi connectivity index (χ0v) is 9.78. The quantitative estimate of drug-likeness (QED) is 0.875. The van der Waals surface area contributed by atoms with Gasteiger partial charge in [-0.1, -0.05) is 0 Å². The van der Waals surface area contributed by atoms with E-state index in [-0.39, 0.29) is 5.91 Å². The maximum Gasteiger partial charge on any atom is 0.276 e. The Labute approximate surface area is 102 Å². The van der Waals surface area contributed by atoms with E-state index in [1.165, 1.54) is 17.5 Å². The van der Waals surface area contributed by atoms with Gasteiger partial charge in [0.05, 0.1) is 10.6 Å². The molecule has 0 spiro atoms. The summed E-state index contributed by atoms with van der Waals surface area (Å²) in [7, 11) is 0. The molecule has 0 aliphatic rings. The van der Waals surface area contributed by atoms with Crippen LogP contribution >= 0.6 is 11.3 Å². The second-order valence-corrected chi connectivity index (χ2v) is 4.31. The molecule has 1 amide bonds. The number of aromatic nitrogens is 2. The monoisotopic (exact) mass is 244 g/mol. The lowest BCUT2D eigenvalue weighted by Gasteiger charge is -2.01. The molecule has 2 heterocycles. The molecular formula is C11H8N4OS. The minimum atomic E-state index is -0.299. The van der Waals surface area contributed by atoms with Crippen LogP contribution in [0.1, 0.15) is 21.1 Å². The summed E-state index contributed by atoms with van der Waals surface area (Å²) in [6.07, 6.45) is 1.40. The molecule has 2 aromatic heterocycles. The van der Waals surface area contributed by atoms with Crippen LogP contribution in [0.15, 0.2) is 23.7 Å². The summed E-state index contributed by atoms with van der Waals surface area (Å²) in [5.41, 5.74) is 0.825. The van der Waals surface area contributed by atoms with Crippen LogP contribution in [0, 0.1) is 18.3 Å². The topological polar surface area (TPSA) is 78.7 Å². The highest BCUT2D eigenvalue weighted by Crippen LogP contribution is 2.10. The van der Waals surface area contributed by atoms with Crippen molar-refractivity contribution in [2.45, 2.75) is 6.92 Å². The number of carbonyl (C=O) groups excluding carboxylic acids is 1. The van der Waals surface area contributed by atoms with Crippen molar-refractivity contribution >= 4 is 23.1 Å². The van der Waals surface area contributed by atoms with Crippen molar-refractivity contribution in [3.05, 3.63) is 40.0 Å². The fourth-order valence-electron chi connectivity index (χ4n) is 1.18. The normalized spacial score (nSPS) is 9.65. The van der Waals surface area contributed by atoms with Gasteiger partial charge in [-0.2, -0.15) is 5.26 Å². The standard InChI is InChI=1S/C11H8N4OS/c1-7-14-9(6-17-7)11(16)15-10-3-2-8(4-12)5-13-10/h2-3,5-6H,1H3,(H,13,15,16). The Kier molecular flexibility index (Phi) is 3.12. The van der Waals surface area contributed by atoms with E-state index in [2.05, 4.69) is 15.3 Å². The van der Waals surface area contributed by atoms with E-state index in [1.807, 2.05) is 13.0 Å². The number of hydrogen-bond donors (Lipinski definition) is 1. The van der Waals surface area contributed by atoms with Gasteiger partial charge in [-0.05, 0) is 19.1 Å². The SMILES string of the molecule is Cc1nc(C(=O)Nc2ccc(C#N)cn2)cs1. The first-order valence-electron chi connectivity index (χ1n) is 4.78. The first-order valence-corrected chi connectivity index (χ1v) is 5.66. The zero-order valence-electron chi connectivity index (χ0n) is 8.97. The average molecular weight is 244 g/mol. The van der Waals surface area contributed by atoms with Gasteiger partial charge >= 0.3 is 0 Å². The number of hydrogen-bond acceptors (Lipinski definition) is 5. The molecule has 0 aromatic carbocycles. The van der Waals surface area contributed by atoms with Crippen molar-refractivity contribution in [3.8, 4) is 6.07 Å². The third-order valence-corrected chi connectivity index (χ3v) is 2.76. The Morgan fingerprint density at radius 2 is 2.35 bits per heavy atom. The van der Waals surface area contributed by atoms with E-state index in [1.54, 1.807) is 17.5 Å². The fourth-order valence-corrected chi connectivity index (χ4v) is 1.77. The van der Waals surface area contributed by atoms with Crippen LogP contribution in [-0.2, 0) is 0 Å². The van der Waals surface area contributed by atoms with Crippen LogP contribution in [0.2, 0.25) is 0 Å². The molecule has 17 heavy (non-hydrogen) atoms. The third kappa shape index (κ3) is 2.65. The van der Waals surface area contributed by atoms with Crippen LogP contribution in [0.3, 0.4) is 0 Å². The Morgan fingerprint density at radius 3 is 2.88 bits per heavy atom. The molecule has 0 aliphatic heterocycles.